The van der Waals surface area contributed by atoms with Crippen molar-refractivity contribution in [3.63, 3.8) is 0 Å². The molecule has 1 fully saturated rings. The summed E-state index contributed by atoms with van der Waals surface area (Å²) in [4.78, 5) is 2.66. The highest BCUT2D eigenvalue weighted by Crippen LogP contribution is 2.30. The topological polar surface area (TPSA) is 15.3 Å². The van der Waals surface area contributed by atoms with Gasteiger partial charge in [-0.2, -0.15) is 0 Å². The van der Waals surface area contributed by atoms with Crippen molar-refractivity contribution in [3.05, 3.63) is 0 Å². The standard InChI is InChI=1S/C17H36N2/c1-6-10-18-17-9-8-15(5)11-16(17)13-19(7-2)12-14(3)4/h14-18H,6-13H2,1-5H3. The van der Waals surface area contributed by atoms with Crippen LogP contribution in [0.3, 0.4) is 0 Å². The second-order valence-corrected chi connectivity index (χ2v) is 6.98. The minimum absolute atomic E-state index is 0.761. The van der Waals surface area contributed by atoms with Crippen molar-refractivity contribution in [2.45, 2.75) is 66.3 Å². The highest BCUT2D eigenvalue weighted by molar-refractivity contribution is 4.85. The van der Waals surface area contributed by atoms with E-state index >= 15 is 0 Å². The minimum Gasteiger partial charge on any atom is -0.314 e. The van der Waals surface area contributed by atoms with Crippen LogP contribution in [0.25, 0.3) is 0 Å². The Labute approximate surface area is 121 Å². The fourth-order valence-electron chi connectivity index (χ4n) is 3.48. The molecule has 1 saturated carbocycles. The van der Waals surface area contributed by atoms with E-state index in [4.69, 9.17) is 0 Å². The Balaban J connectivity index is 2.52. The van der Waals surface area contributed by atoms with Crippen LogP contribution in [0.4, 0.5) is 0 Å². The maximum absolute atomic E-state index is 3.80. The lowest BCUT2D eigenvalue weighted by molar-refractivity contribution is 0.139. The Morgan fingerprint density at radius 1 is 1.21 bits per heavy atom. The van der Waals surface area contributed by atoms with Crippen LogP contribution in [0.15, 0.2) is 0 Å². The van der Waals surface area contributed by atoms with Gasteiger partial charge in [-0.05, 0) is 56.5 Å². The van der Waals surface area contributed by atoms with E-state index in [0.717, 1.165) is 23.8 Å². The predicted octanol–water partition coefficient (Wildman–Crippen LogP) is 3.77. The van der Waals surface area contributed by atoms with Gasteiger partial charge in [0.25, 0.3) is 0 Å². The summed E-state index contributed by atoms with van der Waals surface area (Å²) in [6.45, 7) is 16.6. The summed E-state index contributed by atoms with van der Waals surface area (Å²) in [5.41, 5.74) is 0. The molecule has 0 saturated heterocycles. The van der Waals surface area contributed by atoms with E-state index < -0.39 is 0 Å². The van der Waals surface area contributed by atoms with Gasteiger partial charge in [0.1, 0.15) is 0 Å². The second-order valence-electron chi connectivity index (χ2n) is 6.98. The predicted molar refractivity (Wildman–Crippen MR) is 85.5 cm³/mol. The number of rotatable bonds is 8. The Morgan fingerprint density at radius 2 is 1.95 bits per heavy atom. The van der Waals surface area contributed by atoms with E-state index in [0.29, 0.717) is 0 Å². The van der Waals surface area contributed by atoms with Crippen LogP contribution in [0.1, 0.15) is 60.3 Å². The zero-order valence-corrected chi connectivity index (χ0v) is 13.9. The van der Waals surface area contributed by atoms with E-state index in [9.17, 15) is 0 Å². The quantitative estimate of drug-likeness (QED) is 0.721. The summed E-state index contributed by atoms with van der Waals surface area (Å²) in [5.74, 6) is 2.56. The lowest BCUT2D eigenvalue weighted by atomic mass is 9.78. The number of nitrogens with one attached hydrogen (secondary N) is 1. The molecule has 1 aliphatic rings. The fraction of sp³-hybridized carbons (Fsp3) is 1.00. The average Bonchev–Trinajstić information content (AvgIpc) is 2.36. The summed E-state index contributed by atoms with van der Waals surface area (Å²) >= 11 is 0. The van der Waals surface area contributed by atoms with Crippen molar-refractivity contribution in [2.24, 2.45) is 17.8 Å². The van der Waals surface area contributed by atoms with Crippen molar-refractivity contribution < 1.29 is 0 Å². The third-order valence-corrected chi connectivity index (χ3v) is 4.46. The van der Waals surface area contributed by atoms with Gasteiger partial charge in [-0.3, -0.25) is 0 Å². The summed E-state index contributed by atoms with van der Waals surface area (Å²) in [5, 5.41) is 3.80. The first kappa shape index (κ1) is 17.0. The average molecular weight is 268 g/mol. The van der Waals surface area contributed by atoms with Gasteiger partial charge >= 0.3 is 0 Å². The van der Waals surface area contributed by atoms with Crippen molar-refractivity contribution in [2.75, 3.05) is 26.2 Å². The molecular weight excluding hydrogens is 232 g/mol. The van der Waals surface area contributed by atoms with Crippen molar-refractivity contribution >= 4 is 0 Å². The normalized spacial score (nSPS) is 28.3. The van der Waals surface area contributed by atoms with Crippen LogP contribution in [-0.2, 0) is 0 Å². The SMILES string of the molecule is CCCNC1CCC(C)CC1CN(CC)CC(C)C. The first-order valence-corrected chi connectivity index (χ1v) is 8.52. The molecule has 0 aromatic carbocycles. The third-order valence-electron chi connectivity index (χ3n) is 4.46. The van der Waals surface area contributed by atoms with E-state index in [2.05, 4.69) is 44.8 Å². The van der Waals surface area contributed by atoms with Crippen LogP contribution in [-0.4, -0.2) is 37.1 Å². The molecule has 0 aromatic heterocycles. The molecule has 0 aliphatic heterocycles. The molecule has 2 heteroatoms. The van der Waals surface area contributed by atoms with Crippen molar-refractivity contribution in [1.29, 1.82) is 0 Å². The zero-order chi connectivity index (χ0) is 14.3. The number of hydrogen-bond donors (Lipinski definition) is 1. The number of nitrogens with zero attached hydrogens (tertiary/aromatic N) is 1. The van der Waals surface area contributed by atoms with Crippen LogP contribution in [0.2, 0.25) is 0 Å². The molecular formula is C17H36N2. The van der Waals surface area contributed by atoms with E-state index in [1.807, 2.05) is 0 Å². The lowest BCUT2D eigenvalue weighted by Crippen LogP contribution is -2.46. The molecule has 1 aliphatic carbocycles. The summed E-state index contributed by atoms with van der Waals surface area (Å²) in [6.07, 6.45) is 5.46. The largest absolute Gasteiger partial charge is 0.314 e. The van der Waals surface area contributed by atoms with Gasteiger partial charge in [-0.15, -0.1) is 0 Å². The zero-order valence-electron chi connectivity index (χ0n) is 13.9. The molecule has 1 N–H and O–H groups in total. The maximum Gasteiger partial charge on any atom is 0.0108 e. The molecule has 0 radical (unpaired) electrons. The van der Waals surface area contributed by atoms with Gasteiger partial charge in [0, 0.05) is 19.1 Å². The van der Waals surface area contributed by atoms with E-state index in [1.54, 1.807) is 0 Å². The summed E-state index contributed by atoms with van der Waals surface area (Å²) in [7, 11) is 0. The first-order chi connectivity index (χ1) is 9.06. The Morgan fingerprint density at radius 3 is 2.53 bits per heavy atom. The molecule has 114 valence electrons. The highest BCUT2D eigenvalue weighted by Gasteiger charge is 2.29. The second kappa shape index (κ2) is 8.97. The first-order valence-electron chi connectivity index (χ1n) is 8.52. The van der Waals surface area contributed by atoms with E-state index in [-0.39, 0.29) is 0 Å². The fourth-order valence-corrected chi connectivity index (χ4v) is 3.48. The smallest absolute Gasteiger partial charge is 0.0108 e. The number of hydrogen-bond acceptors (Lipinski definition) is 2. The summed E-state index contributed by atoms with van der Waals surface area (Å²) < 4.78 is 0. The molecule has 0 heterocycles. The van der Waals surface area contributed by atoms with Gasteiger partial charge in [-0.1, -0.05) is 34.6 Å². The molecule has 0 spiro atoms. The van der Waals surface area contributed by atoms with Crippen LogP contribution >= 0.6 is 0 Å². The maximum atomic E-state index is 3.80. The van der Waals surface area contributed by atoms with Gasteiger partial charge in [-0.25, -0.2) is 0 Å². The van der Waals surface area contributed by atoms with Gasteiger partial charge in [0.15, 0.2) is 0 Å². The Hall–Kier alpha value is -0.0800. The molecule has 0 bridgehead atoms. The minimum atomic E-state index is 0.761. The molecule has 2 nitrogen and oxygen atoms in total. The summed E-state index contributed by atoms with van der Waals surface area (Å²) in [6, 6.07) is 0.761. The lowest BCUT2D eigenvalue weighted by Gasteiger charge is -2.38. The molecule has 19 heavy (non-hydrogen) atoms. The molecule has 3 unspecified atom stereocenters. The monoisotopic (exact) mass is 268 g/mol. The van der Waals surface area contributed by atoms with Crippen LogP contribution in [0, 0.1) is 17.8 Å². The van der Waals surface area contributed by atoms with Gasteiger partial charge in [0.05, 0.1) is 0 Å². The Kier molecular flexibility index (Phi) is 8.01. The van der Waals surface area contributed by atoms with Crippen molar-refractivity contribution in [3.8, 4) is 0 Å². The third kappa shape index (κ3) is 6.27. The van der Waals surface area contributed by atoms with Gasteiger partial charge in [0.2, 0.25) is 0 Å². The molecule has 0 amide bonds. The van der Waals surface area contributed by atoms with E-state index in [1.165, 1.54) is 51.9 Å². The van der Waals surface area contributed by atoms with Crippen LogP contribution < -0.4 is 5.32 Å². The van der Waals surface area contributed by atoms with Crippen molar-refractivity contribution in [1.82, 2.24) is 10.2 Å². The Bertz CT molecular complexity index is 225. The molecule has 0 aromatic rings. The van der Waals surface area contributed by atoms with Gasteiger partial charge < -0.3 is 10.2 Å². The highest BCUT2D eigenvalue weighted by atomic mass is 15.1. The van der Waals surface area contributed by atoms with Crippen LogP contribution in [0.5, 0.6) is 0 Å². The molecule has 3 atom stereocenters. The molecule has 1 rings (SSSR count).